The number of hydrogen-bond acceptors (Lipinski definition) is 3. The Hall–Kier alpha value is -0.120. The molecule has 0 aromatic rings. The first-order valence-corrected chi connectivity index (χ1v) is 8.63. The molecule has 0 radical (unpaired) electrons. The van der Waals surface area contributed by atoms with Crippen molar-refractivity contribution in [2.75, 3.05) is 19.8 Å². The molecule has 3 rings (SSSR count). The third-order valence-corrected chi connectivity index (χ3v) is 6.15. The molecule has 2 aliphatic heterocycles. The lowest BCUT2D eigenvalue weighted by atomic mass is 9.69. The van der Waals surface area contributed by atoms with Crippen LogP contribution in [0.25, 0.3) is 0 Å². The lowest BCUT2D eigenvalue weighted by Crippen LogP contribution is -2.54. The summed E-state index contributed by atoms with van der Waals surface area (Å²) in [5, 5.41) is 0. The molecule has 3 heteroatoms. The first-order chi connectivity index (χ1) is 9.62. The van der Waals surface area contributed by atoms with E-state index in [1.54, 1.807) is 0 Å². The minimum atomic E-state index is 0.0693. The molecule has 1 spiro atoms. The maximum atomic E-state index is 6.90. The second-order valence-electron chi connectivity index (χ2n) is 7.60. The molecular weight excluding hydrogens is 250 g/mol. The zero-order valence-corrected chi connectivity index (χ0v) is 13.0. The van der Waals surface area contributed by atoms with E-state index < -0.39 is 0 Å². The summed E-state index contributed by atoms with van der Waals surface area (Å²) in [6.07, 6.45) is 10.9. The van der Waals surface area contributed by atoms with Crippen molar-refractivity contribution in [3.8, 4) is 0 Å². The van der Waals surface area contributed by atoms with Crippen molar-refractivity contribution in [1.82, 2.24) is 0 Å². The number of nitrogens with two attached hydrogens (primary N) is 1. The molecule has 2 heterocycles. The monoisotopic (exact) mass is 281 g/mol. The van der Waals surface area contributed by atoms with Gasteiger partial charge in [-0.3, -0.25) is 0 Å². The summed E-state index contributed by atoms with van der Waals surface area (Å²) in [7, 11) is 0. The Morgan fingerprint density at radius 3 is 2.55 bits per heavy atom. The lowest BCUT2D eigenvalue weighted by molar-refractivity contribution is -0.155. The fraction of sp³-hybridized carbons (Fsp3) is 1.00. The van der Waals surface area contributed by atoms with E-state index in [1.807, 2.05) is 0 Å². The van der Waals surface area contributed by atoms with Gasteiger partial charge in [-0.1, -0.05) is 19.8 Å². The smallest absolute Gasteiger partial charge is 0.0729 e. The predicted molar refractivity (Wildman–Crippen MR) is 80.6 cm³/mol. The summed E-state index contributed by atoms with van der Waals surface area (Å²) in [5.41, 5.74) is 7.06. The van der Waals surface area contributed by atoms with Gasteiger partial charge < -0.3 is 15.2 Å². The molecule has 3 nitrogen and oxygen atoms in total. The van der Waals surface area contributed by atoms with Crippen molar-refractivity contribution in [3.05, 3.63) is 0 Å². The molecule has 3 unspecified atom stereocenters. The molecule has 2 saturated heterocycles. The van der Waals surface area contributed by atoms with E-state index in [2.05, 4.69) is 6.92 Å². The molecule has 116 valence electrons. The molecule has 0 aromatic carbocycles. The Bertz CT molecular complexity index is 321. The largest absolute Gasteiger partial charge is 0.381 e. The highest BCUT2D eigenvalue weighted by Crippen LogP contribution is 2.44. The van der Waals surface area contributed by atoms with Crippen LogP contribution in [0.4, 0.5) is 0 Å². The quantitative estimate of drug-likeness (QED) is 0.750. The molecule has 2 N–H and O–H groups in total. The van der Waals surface area contributed by atoms with Crippen LogP contribution in [0.2, 0.25) is 0 Å². The Morgan fingerprint density at radius 2 is 1.75 bits per heavy atom. The van der Waals surface area contributed by atoms with Crippen LogP contribution in [0.3, 0.4) is 0 Å². The fourth-order valence-electron chi connectivity index (χ4n) is 4.58. The minimum Gasteiger partial charge on any atom is -0.381 e. The average Bonchev–Trinajstić information content (AvgIpc) is 2.63. The second kappa shape index (κ2) is 5.94. The average molecular weight is 281 g/mol. The van der Waals surface area contributed by atoms with E-state index in [9.17, 15) is 0 Å². The van der Waals surface area contributed by atoms with Gasteiger partial charge in [0.15, 0.2) is 0 Å². The molecular formula is C17H31NO2. The van der Waals surface area contributed by atoms with Gasteiger partial charge in [0.1, 0.15) is 0 Å². The maximum absolute atomic E-state index is 6.90. The maximum Gasteiger partial charge on any atom is 0.0729 e. The van der Waals surface area contributed by atoms with Gasteiger partial charge in [-0.05, 0) is 56.8 Å². The molecule has 3 aliphatic rings. The van der Waals surface area contributed by atoms with Crippen molar-refractivity contribution in [1.29, 1.82) is 0 Å². The summed E-state index contributed by atoms with van der Waals surface area (Å²) < 4.78 is 11.7. The highest BCUT2D eigenvalue weighted by molar-refractivity contribution is 5.00. The van der Waals surface area contributed by atoms with Gasteiger partial charge in [0.2, 0.25) is 0 Å². The van der Waals surface area contributed by atoms with Crippen LogP contribution in [-0.4, -0.2) is 31.0 Å². The van der Waals surface area contributed by atoms with Gasteiger partial charge in [0.05, 0.1) is 5.60 Å². The van der Waals surface area contributed by atoms with Crippen LogP contribution in [0.15, 0.2) is 0 Å². The van der Waals surface area contributed by atoms with E-state index in [-0.39, 0.29) is 11.1 Å². The standard InChI is InChI=1S/C17H31NO2/c1-14-3-2-6-17(18,7-4-14)15-5-10-20-16(13-15)8-11-19-12-9-16/h14-15H,2-13,18H2,1H3. The molecule has 20 heavy (non-hydrogen) atoms. The first kappa shape index (κ1) is 14.8. The highest BCUT2D eigenvalue weighted by Gasteiger charge is 2.45. The van der Waals surface area contributed by atoms with Gasteiger partial charge in [0, 0.05) is 25.4 Å². The molecule has 1 saturated carbocycles. The van der Waals surface area contributed by atoms with E-state index in [0.29, 0.717) is 5.92 Å². The second-order valence-corrected chi connectivity index (χ2v) is 7.60. The zero-order chi connectivity index (χ0) is 14.1. The fourth-order valence-corrected chi connectivity index (χ4v) is 4.58. The minimum absolute atomic E-state index is 0.0693. The van der Waals surface area contributed by atoms with Crippen molar-refractivity contribution in [2.45, 2.75) is 75.9 Å². The van der Waals surface area contributed by atoms with Crippen LogP contribution in [0.1, 0.15) is 64.7 Å². The third-order valence-electron chi connectivity index (χ3n) is 6.15. The molecule has 3 fully saturated rings. The summed E-state index contributed by atoms with van der Waals surface area (Å²) in [4.78, 5) is 0. The van der Waals surface area contributed by atoms with Gasteiger partial charge in [-0.15, -0.1) is 0 Å². The molecule has 1 aliphatic carbocycles. The van der Waals surface area contributed by atoms with Crippen molar-refractivity contribution >= 4 is 0 Å². The van der Waals surface area contributed by atoms with Crippen LogP contribution < -0.4 is 5.73 Å². The van der Waals surface area contributed by atoms with Crippen LogP contribution in [0.5, 0.6) is 0 Å². The lowest BCUT2D eigenvalue weighted by Gasteiger charge is -2.48. The van der Waals surface area contributed by atoms with Crippen LogP contribution >= 0.6 is 0 Å². The number of ether oxygens (including phenoxy) is 2. The molecule has 3 atom stereocenters. The van der Waals surface area contributed by atoms with Crippen molar-refractivity contribution < 1.29 is 9.47 Å². The Labute approximate surface area is 123 Å². The SMILES string of the molecule is CC1CCCC(N)(C2CCOC3(CCOCC3)C2)CC1. The Morgan fingerprint density at radius 1 is 0.950 bits per heavy atom. The summed E-state index contributed by atoms with van der Waals surface area (Å²) in [6.45, 7) is 5.01. The summed E-state index contributed by atoms with van der Waals surface area (Å²) in [5.74, 6) is 1.51. The van der Waals surface area contributed by atoms with Gasteiger partial charge >= 0.3 is 0 Å². The molecule has 0 bridgehead atoms. The van der Waals surface area contributed by atoms with Crippen LogP contribution in [-0.2, 0) is 9.47 Å². The Kier molecular flexibility index (Phi) is 4.40. The molecule has 0 aromatic heterocycles. The van der Waals surface area contributed by atoms with Crippen molar-refractivity contribution in [3.63, 3.8) is 0 Å². The van der Waals surface area contributed by atoms with Crippen LogP contribution in [0, 0.1) is 11.8 Å². The Balaban J connectivity index is 1.69. The van der Waals surface area contributed by atoms with Gasteiger partial charge in [0.25, 0.3) is 0 Å². The topological polar surface area (TPSA) is 44.5 Å². The van der Waals surface area contributed by atoms with Gasteiger partial charge in [-0.25, -0.2) is 0 Å². The normalized spacial score (nSPS) is 42.3. The zero-order valence-electron chi connectivity index (χ0n) is 13.0. The van der Waals surface area contributed by atoms with E-state index in [0.717, 1.165) is 45.0 Å². The number of rotatable bonds is 1. The number of hydrogen-bond donors (Lipinski definition) is 1. The first-order valence-electron chi connectivity index (χ1n) is 8.63. The summed E-state index contributed by atoms with van der Waals surface area (Å²) >= 11 is 0. The van der Waals surface area contributed by atoms with Crippen molar-refractivity contribution in [2.24, 2.45) is 17.6 Å². The van der Waals surface area contributed by atoms with E-state index in [4.69, 9.17) is 15.2 Å². The van der Waals surface area contributed by atoms with E-state index >= 15 is 0 Å². The molecule has 0 amide bonds. The highest BCUT2D eigenvalue weighted by atomic mass is 16.5. The predicted octanol–water partition coefficient (Wildman–Crippen LogP) is 3.26. The third kappa shape index (κ3) is 3.05. The van der Waals surface area contributed by atoms with Gasteiger partial charge in [-0.2, -0.15) is 0 Å². The summed E-state index contributed by atoms with van der Waals surface area (Å²) in [6, 6.07) is 0. The van der Waals surface area contributed by atoms with E-state index in [1.165, 1.54) is 38.5 Å².